The van der Waals surface area contributed by atoms with Gasteiger partial charge >= 0.3 is 0 Å². The lowest BCUT2D eigenvalue weighted by atomic mass is 10.4. The van der Waals surface area contributed by atoms with Gasteiger partial charge in [-0.2, -0.15) is 0 Å². The zero-order chi connectivity index (χ0) is 8.97. The molecule has 0 aliphatic carbocycles. The van der Waals surface area contributed by atoms with Crippen LogP contribution in [0.1, 0.15) is 11.5 Å². The third kappa shape index (κ3) is 2.39. The third-order valence-corrected chi connectivity index (χ3v) is 1.44. The van der Waals surface area contributed by atoms with Crippen LogP contribution >= 0.6 is 11.6 Å². The summed E-state index contributed by atoms with van der Waals surface area (Å²) in [7, 11) is 0. The first kappa shape index (κ1) is 8.80. The van der Waals surface area contributed by atoms with E-state index in [4.69, 9.17) is 16.0 Å². The van der Waals surface area contributed by atoms with Crippen molar-refractivity contribution in [3.8, 4) is 0 Å². The number of furan rings is 1. The van der Waals surface area contributed by atoms with Crippen molar-refractivity contribution in [1.29, 1.82) is 0 Å². The maximum atomic E-state index is 9.90. The van der Waals surface area contributed by atoms with Crippen molar-refractivity contribution in [3.05, 3.63) is 40.0 Å². The van der Waals surface area contributed by atoms with Crippen LogP contribution in [0.5, 0.6) is 0 Å². The Balaban J connectivity index is 2.70. The molecule has 5 heteroatoms. The van der Waals surface area contributed by atoms with Gasteiger partial charge in [-0.25, -0.2) is 0 Å². The van der Waals surface area contributed by atoms with Crippen LogP contribution in [-0.4, -0.2) is 4.92 Å². The predicted molar refractivity (Wildman–Crippen MR) is 44.3 cm³/mol. The predicted octanol–water partition coefficient (Wildman–Crippen LogP) is 2.27. The van der Waals surface area contributed by atoms with Crippen molar-refractivity contribution in [2.75, 3.05) is 0 Å². The minimum atomic E-state index is -0.553. The lowest BCUT2D eigenvalue weighted by molar-refractivity contribution is -0.401. The second-order valence-corrected chi connectivity index (χ2v) is 2.31. The molecule has 0 spiro atoms. The van der Waals surface area contributed by atoms with Crippen LogP contribution in [0.4, 0.5) is 0 Å². The third-order valence-electron chi connectivity index (χ3n) is 1.17. The van der Waals surface area contributed by atoms with E-state index in [2.05, 4.69) is 0 Å². The molecule has 1 rings (SSSR count). The van der Waals surface area contributed by atoms with E-state index in [0.29, 0.717) is 11.5 Å². The van der Waals surface area contributed by atoms with Crippen LogP contribution in [0.15, 0.2) is 22.7 Å². The Morgan fingerprint density at radius 2 is 2.42 bits per heavy atom. The number of halogens is 1. The molecular formula is C7H6ClNO3. The van der Waals surface area contributed by atoms with Crippen LogP contribution in [-0.2, 0) is 5.88 Å². The Morgan fingerprint density at radius 3 is 2.92 bits per heavy atom. The number of hydrogen-bond acceptors (Lipinski definition) is 3. The topological polar surface area (TPSA) is 56.3 Å². The molecule has 0 N–H and O–H groups in total. The van der Waals surface area contributed by atoms with Crippen LogP contribution in [0.3, 0.4) is 0 Å². The first-order valence-electron chi connectivity index (χ1n) is 3.19. The number of nitro groups is 1. The molecule has 0 atom stereocenters. The van der Waals surface area contributed by atoms with Crippen molar-refractivity contribution in [2.24, 2.45) is 0 Å². The Labute approximate surface area is 73.6 Å². The molecule has 0 aliphatic rings. The quantitative estimate of drug-likeness (QED) is 0.414. The van der Waals surface area contributed by atoms with Gasteiger partial charge in [0.2, 0.25) is 6.20 Å². The highest BCUT2D eigenvalue weighted by Gasteiger charge is 1.97. The largest absolute Gasteiger partial charge is 0.460 e. The molecule has 0 bridgehead atoms. The minimum absolute atomic E-state index is 0.270. The smallest absolute Gasteiger partial charge is 0.238 e. The molecular weight excluding hydrogens is 182 g/mol. The van der Waals surface area contributed by atoms with Crippen LogP contribution in [0.25, 0.3) is 6.08 Å². The summed E-state index contributed by atoms with van der Waals surface area (Å²) < 4.78 is 5.06. The molecule has 0 fully saturated rings. The summed E-state index contributed by atoms with van der Waals surface area (Å²) in [5.41, 5.74) is 0. The zero-order valence-electron chi connectivity index (χ0n) is 6.07. The number of hydrogen-bond donors (Lipinski definition) is 0. The van der Waals surface area contributed by atoms with Gasteiger partial charge in [0, 0.05) is 0 Å². The van der Waals surface area contributed by atoms with E-state index in [-0.39, 0.29) is 5.88 Å². The number of nitrogens with zero attached hydrogens (tertiary/aromatic N) is 1. The van der Waals surface area contributed by atoms with Crippen molar-refractivity contribution >= 4 is 17.7 Å². The maximum absolute atomic E-state index is 9.90. The molecule has 1 heterocycles. The fourth-order valence-electron chi connectivity index (χ4n) is 0.690. The van der Waals surface area contributed by atoms with Crippen molar-refractivity contribution in [3.63, 3.8) is 0 Å². The van der Waals surface area contributed by atoms with Crippen molar-refractivity contribution < 1.29 is 9.34 Å². The molecule has 1 aromatic rings. The Morgan fingerprint density at radius 1 is 1.67 bits per heavy atom. The van der Waals surface area contributed by atoms with E-state index in [9.17, 15) is 10.1 Å². The second-order valence-electron chi connectivity index (χ2n) is 2.04. The van der Waals surface area contributed by atoms with E-state index >= 15 is 0 Å². The van der Waals surface area contributed by atoms with Gasteiger partial charge in [-0.3, -0.25) is 10.1 Å². The van der Waals surface area contributed by atoms with Crippen molar-refractivity contribution in [1.82, 2.24) is 0 Å². The number of rotatable bonds is 3. The lowest BCUT2D eigenvalue weighted by Gasteiger charge is -1.83. The summed E-state index contributed by atoms with van der Waals surface area (Å²) >= 11 is 5.45. The number of alkyl halides is 1. The van der Waals surface area contributed by atoms with Gasteiger partial charge in [0.05, 0.1) is 16.9 Å². The van der Waals surface area contributed by atoms with Gasteiger partial charge in [0.1, 0.15) is 11.5 Å². The molecule has 0 saturated carbocycles. The SMILES string of the molecule is O=[N+]([O-])/C=C/c1ccc(CCl)o1. The molecule has 0 saturated heterocycles. The first-order chi connectivity index (χ1) is 5.72. The van der Waals surface area contributed by atoms with Gasteiger partial charge in [-0.1, -0.05) is 0 Å². The Hall–Kier alpha value is -1.29. The molecule has 12 heavy (non-hydrogen) atoms. The zero-order valence-corrected chi connectivity index (χ0v) is 6.82. The summed E-state index contributed by atoms with van der Waals surface area (Å²) in [6.07, 6.45) is 2.09. The Kier molecular flexibility index (Phi) is 2.88. The van der Waals surface area contributed by atoms with Crippen molar-refractivity contribution in [2.45, 2.75) is 5.88 Å². The summed E-state index contributed by atoms with van der Waals surface area (Å²) in [5.74, 6) is 1.30. The molecule has 4 nitrogen and oxygen atoms in total. The second kappa shape index (κ2) is 3.92. The summed E-state index contributed by atoms with van der Waals surface area (Å²) in [4.78, 5) is 9.35. The average Bonchev–Trinajstić information content (AvgIpc) is 2.48. The maximum Gasteiger partial charge on any atom is 0.238 e. The normalized spacial score (nSPS) is 10.8. The van der Waals surface area contributed by atoms with E-state index in [1.165, 1.54) is 6.08 Å². The fraction of sp³-hybridized carbons (Fsp3) is 0.143. The van der Waals surface area contributed by atoms with Crippen LogP contribution < -0.4 is 0 Å². The van der Waals surface area contributed by atoms with Crippen LogP contribution in [0.2, 0.25) is 0 Å². The van der Waals surface area contributed by atoms with Gasteiger partial charge in [0.15, 0.2) is 0 Å². The molecule has 0 amide bonds. The van der Waals surface area contributed by atoms with Gasteiger partial charge in [-0.15, -0.1) is 11.6 Å². The minimum Gasteiger partial charge on any atom is -0.460 e. The van der Waals surface area contributed by atoms with E-state index < -0.39 is 4.92 Å². The van der Waals surface area contributed by atoms with E-state index in [0.717, 1.165) is 6.20 Å². The molecule has 0 radical (unpaired) electrons. The van der Waals surface area contributed by atoms with Gasteiger partial charge < -0.3 is 4.42 Å². The summed E-state index contributed by atoms with van der Waals surface area (Å²) in [6, 6.07) is 3.30. The summed E-state index contributed by atoms with van der Waals surface area (Å²) in [6.45, 7) is 0. The molecule has 0 unspecified atom stereocenters. The average molecular weight is 188 g/mol. The molecule has 64 valence electrons. The first-order valence-corrected chi connectivity index (χ1v) is 3.72. The Bertz CT molecular complexity index is 305. The fourth-order valence-corrected chi connectivity index (χ4v) is 0.834. The lowest BCUT2D eigenvalue weighted by Crippen LogP contribution is -1.80. The highest BCUT2D eigenvalue weighted by molar-refractivity contribution is 6.16. The van der Waals surface area contributed by atoms with Gasteiger partial charge in [0.25, 0.3) is 0 Å². The highest BCUT2D eigenvalue weighted by Crippen LogP contribution is 2.11. The van der Waals surface area contributed by atoms with Crippen LogP contribution in [0, 0.1) is 10.1 Å². The molecule has 0 aromatic carbocycles. The van der Waals surface area contributed by atoms with Gasteiger partial charge in [-0.05, 0) is 12.1 Å². The standard InChI is InChI=1S/C7H6ClNO3/c8-5-7-2-1-6(12-7)3-4-9(10)11/h1-4H,5H2/b4-3+. The molecule has 0 aliphatic heterocycles. The molecule has 1 aromatic heterocycles. The highest BCUT2D eigenvalue weighted by atomic mass is 35.5. The summed E-state index contributed by atoms with van der Waals surface area (Å²) in [5, 5.41) is 9.90. The van der Waals surface area contributed by atoms with E-state index in [1.807, 2.05) is 0 Å². The van der Waals surface area contributed by atoms with E-state index in [1.54, 1.807) is 12.1 Å². The monoisotopic (exact) mass is 187 g/mol.